The zero-order valence-corrected chi connectivity index (χ0v) is 7.71. The van der Waals surface area contributed by atoms with Gasteiger partial charge in [0.05, 0.1) is 11.5 Å². The molecule has 0 spiro atoms. The van der Waals surface area contributed by atoms with Gasteiger partial charge in [0.15, 0.2) is 0 Å². The van der Waals surface area contributed by atoms with Crippen LogP contribution >= 0.6 is 0 Å². The van der Waals surface area contributed by atoms with E-state index in [-0.39, 0.29) is 12.0 Å². The highest BCUT2D eigenvalue weighted by Gasteiger charge is 2.34. The quantitative estimate of drug-likeness (QED) is 0.684. The van der Waals surface area contributed by atoms with Crippen molar-refractivity contribution in [3.63, 3.8) is 0 Å². The van der Waals surface area contributed by atoms with Crippen LogP contribution in [0, 0.1) is 22.7 Å². The van der Waals surface area contributed by atoms with Gasteiger partial charge in [0.1, 0.15) is 0 Å². The van der Waals surface area contributed by atoms with E-state index in [2.05, 4.69) is 13.0 Å². The molecule has 1 fully saturated rings. The standard InChI is InChI=1S/C10H17NO/c1-9-3-2-4-10(7-9,8-11)5-6-12/h9,12H,2-7H2,1H3. The van der Waals surface area contributed by atoms with Gasteiger partial charge in [0.2, 0.25) is 0 Å². The molecule has 0 heterocycles. The van der Waals surface area contributed by atoms with Gasteiger partial charge in [-0.05, 0) is 25.2 Å². The monoisotopic (exact) mass is 167 g/mol. The molecule has 2 unspecified atom stereocenters. The highest BCUT2D eigenvalue weighted by atomic mass is 16.3. The smallest absolute Gasteiger partial charge is 0.0690 e. The van der Waals surface area contributed by atoms with Gasteiger partial charge in [-0.3, -0.25) is 0 Å². The van der Waals surface area contributed by atoms with E-state index in [4.69, 9.17) is 10.4 Å². The van der Waals surface area contributed by atoms with Crippen LogP contribution in [0.4, 0.5) is 0 Å². The number of rotatable bonds is 2. The average molecular weight is 167 g/mol. The molecule has 12 heavy (non-hydrogen) atoms. The first-order valence-corrected chi connectivity index (χ1v) is 4.74. The van der Waals surface area contributed by atoms with E-state index in [1.807, 2.05) is 0 Å². The Hall–Kier alpha value is -0.550. The molecule has 0 bridgehead atoms. The van der Waals surface area contributed by atoms with Gasteiger partial charge in [0, 0.05) is 6.61 Å². The topological polar surface area (TPSA) is 44.0 Å². The molecule has 0 aromatic rings. The average Bonchev–Trinajstić information content (AvgIpc) is 2.05. The molecule has 68 valence electrons. The third-order valence-electron chi connectivity index (χ3n) is 2.92. The van der Waals surface area contributed by atoms with Crippen molar-refractivity contribution in [2.24, 2.45) is 11.3 Å². The number of hydrogen-bond donors (Lipinski definition) is 1. The van der Waals surface area contributed by atoms with Gasteiger partial charge in [0.25, 0.3) is 0 Å². The highest BCUT2D eigenvalue weighted by molar-refractivity contribution is 5.01. The van der Waals surface area contributed by atoms with E-state index in [9.17, 15) is 0 Å². The molecule has 0 radical (unpaired) electrons. The molecule has 1 saturated carbocycles. The summed E-state index contributed by atoms with van der Waals surface area (Å²) in [7, 11) is 0. The van der Waals surface area contributed by atoms with Gasteiger partial charge in [-0.1, -0.05) is 19.8 Å². The highest BCUT2D eigenvalue weighted by Crippen LogP contribution is 2.41. The van der Waals surface area contributed by atoms with Crippen LogP contribution in [0.25, 0.3) is 0 Å². The third kappa shape index (κ3) is 1.98. The molecule has 0 saturated heterocycles. The van der Waals surface area contributed by atoms with E-state index in [1.54, 1.807) is 0 Å². The summed E-state index contributed by atoms with van der Waals surface area (Å²) < 4.78 is 0. The molecule has 2 atom stereocenters. The van der Waals surface area contributed by atoms with Crippen molar-refractivity contribution < 1.29 is 5.11 Å². The molecule has 0 aromatic carbocycles. The predicted molar refractivity (Wildman–Crippen MR) is 47.4 cm³/mol. The molecule has 2 heteroatoms. The fraction of sp³-hybridized carbons (Fsp3) is 0.900. The number of nitrogens with zero attached hydrogens (tertiary/aromatic N) is 1. The van der Waals surface area contributed by atoms with Crippen molar-refractivity contribution in [3.05, 3.63) is 0 Å². The van der Waals surface area contributed by atoms with Crippen LogP contribution in [0.1, 0.15) is 39.0 Å². The van der Waals surface area contributed by atoms with Crippen LogP contribution in [0.5, 0.6) is 0 Å². The molecule has 0 aromatic heterocycles. The van der Waals surface area contributed by atoms with E-state index in [0.717, 1.165) is 19.3 Å². The number of aliphatic hydroxyl groups is 1. The molecular weight excluding hydrogens is 150 g/mol. The van der Waals surface area contributed by atoms with Crippen LogP contribution in [0.2, 0.25) is 0 Å². The normalized spacial score (nSPS) is 35.9. The Kier molecular flexibility index (Phi) is 3.11. The molecule has 1 aliphatic rings. The molecule has 1 aliphatic carbocycles. The summed E-state index contributed by atoms with van der Waals surface area (Å²) in [5, 5.41) is 17.9. The zero-order chi connectivity index (χ0) is 9.03. The third-order valence-corrected chi connectivity index (χ3v) is 2.92. The lowest BCUT2D eigenvalue weighted by molar-refractivity contribution is 0.153. The molecule has 1 N–H and O–H groups in total. The van der Waals surface area contributed by atoms with Crippen LogP contribution in [-0.4, -0.2) is 11.7 Å². The van der Waals surface area contributed by atoms with Crippen LogP contribution in [-0.2, 0) is 0 Å². The van der Waals surface area contributed by atoms with Crippen molar-refractivity contribution >= 4 is 0 Å². The van der Waals surface area contributed by atoms with Crippen molar-refractivity contribution in [1.29, 1.82) is 5.26 Å². The maximum Gasteiger partial charge on any atom is 0.0690 e. The Morgan fingerprint density at radius 3 is 2.92 bits per heavy atom. The Balaban J connectivity index is 2.59. The Morgan fingerprint density at radius 1 is 1.67 bits per heavy atom. The second kappa shape index (κ2) is 3.91. The van der Waals surface area contributed by atoms with Crippen LogP contribution in [0.3, 0.4) is 0 Å². The minimum absolute atomic E-state index is 0.153. The molecule has 1 rings (SSSR count). The molecule has 0 aliphatic heterocycles. The predicted octanol–water partition coefficient (Wildman–Crippen LogP) is 2.09. The summed E-state index contributed by atoms with van der Waals surface area (Å²) in [6.07, 6.45) is 5.01. The summed E-state index contributed by atoms with van der Waals surface area (Å²) in [5.74, 6) is 0.657. The fourth-order valence-corrected chi connectivity index (χ4v) is 2.26. The zero-order valence-electron chi connectivity index (χ0n) is 7.71. The lowest BCUT2D eigenvalue weighted by Crippen LogP contribution is -2.27. The molecular formula is C10H17NO. The van der Waals surface area contributed by atoms with Crippen LogP contribution in [0.15, 0.2) is 0 Å². The largest absolute Gasteiger partial charge is 0.396 e. The van der Waals surface area contributed by atoms with Crippen LogP contribution < -0.4 is 0 Å². The van der Waals surface area contributed by atoms with Crippen molar-refractivity contribution in [2.45, 2.75) is 39.0 Å². The summed E-state index contributed by atoms with van der Waals surface area (Å²) in [6, 6.07) is 2.39. The van der Waals surface area contributed by atoms with E-state index < -0.39 is 0 Å². The maximum atomic E-state index is 9.03. The number of hydrogen-bond acceptors (Lipinski definition) is 2. The minimum atomic E-state index is -0.202. The Morgan fingerprint density at radius 2 is 2.42 bits per heavy atom. The van der Waals surface area contributed by atoms with Gasteiger partial charge < -0.3 is 5.11 Å². The first kappa shape index (κ1) is 9.54. The first-order chi connectivity index (χ1) is 5.72. The fourth-order valence-electron chi connectivity index (χ4n) is 2.26. The summed E-state index contributed by atoms with van der Waals surface area (Å²) in [6.45, 7) is 2.35. The lowest BCUT2D eigenvalue weighted by atomic mass is 9.69. The summed E-state index contributed by atoms with van der Waals surface area (Å²) in [4.78, 5) is 0. The Bertz CT molecular complexity index is 181. The van der Waals surface area contributed by atoms with Crippen molar-refractivity contribution in [3.8, 4) is 6.07 Å². The number of nitriles is 1. The SMILES string of the molecule is CC1CCCC(C#N)(CCO)C1. The van der Waals surface area contributed by atoms with Gasteiger partial charge in [-0.15, -0.1) is 0 Å². The maximum absolute atomic E-state index is 9.03. The summed E-state index contributed by atoms with van der Waals surface area (Å²) >= 11 is 0. The first-order valence-electron chi connectivity index (χ1n) is 4.74. The van der Waals surface area contributed by atoms with E-state index in [1.165, 1.54) is 6.42 Å². The van der Waals surface area contributed by atoms with Crippen molar-refractivity contribution in [2.75, 3.05) is 6.61 Å². The van der Waals surface area contributed by atoms with Gasteiger partial charge in [-0.25, -0.2) is 0 Å². The van der Waals surface area contributed by atoms with Gasteiger partial charge in [-0.2, -0.15) is 5.26 Å². The summed E-state index contributed by atoms with van der Waals surface area (Å²) in [5.41, 5.74) is -0.202. The second-order valence-electron chi connectivity index (χ2n) is 4.07. The molecule has 2 nitrogen and oxygen atoms in total. The minimum Gasteiger partial charge on any atom is -0.396 e. The molecule has 0 amide bonds. The van der Waals surface area contributed by atoms with Crippen molar-refractivity contribution in [1.82, 2.24) is 0 Å². The Labute approximate surface area is 74.2 Å². The number of aliphatic hydroxyl groups excluding tert-OH is 1. The second-order valence-corrected chi connectivity index (χ2v) is 4.07. The lowest BCUT2D eigenvalue weighted by Gasteiger charge is -2.33. The van der Waals surface area contributed by atoms with E-state index >= 15 is 0 Å². The van der Waals surface area contributed by atoms with E-state index in [0.29, 0.717) is 12.3 Å². The van der Waals surface area contributed by atoms with Gasteiger partial charge >= 0.3 is 0 Å².